The average Bonchev–Trinajstić information content (AvgIpc) is 2.45. The first-order valence-corrected chi connectivity index (χ1v) is 6.73. The first-order chi connectivity index (χ1) is 9.85. The Labute approximate surface area is 120 Å². The van der Waals surface area contributed by atoms with Crippen LogP contribution in [0, 0.1) is 0 Å². The van der Waals surface area contributed by atoms with Gasteiger partial charge in [0.1, 0.15) is 6.54 Å². The summed E-state index contributed by atoms with van der Waals surface area (Å²) in [5.41, 5.74) is 1.09. The number of anilines is 1. The molecule has 4 nitrogen and oxygen atoms in total. The largest absolute Gasteiger partial charge is 0.405 e. The second-order valence-corrected chi connectivity index (χ2v) is 5.06. The molecule has 7 heteroatoms. The van der Waals surface area contributed by atoms with Crippen LogP contribution in [-0.2, 0) is 0 Å². The van der Waals surface area contributed by atoms with Crippen LogP contribution in [0.25, 0.3) is 0 Å². The summed E-state index contributed by atoms with van der Waals surface area (Å²) in [5, 5.41) is 11.3. The Morgan fingerprint density at radius 2 is 1.81 bits per heavy atom. The lowest BCUT2D eigenvalue weighted by Gasteiger charge is -2.31. The molecule has 1 amide bonds. The number of nitrogens with zero attached hydrogens (tertiary/aromatic N) is 1. The molecular weight excluding hydrogens is 285 g/mol. The van der Waals surface area contributed by atoms with Gasteiger partial charge in [-0.25, -0.2) is 0 Å². The van der Waals surface area contributed by atoms with Crippen LogP contribution < -0.4 is 10.2 Å². The molecule has 0 saturated carbocycles. The summed E-state index contributed by atoms with van der Waals surface area (Å²) < 4.78 is 36.1. The first-order valence-electron chi connectivity index (χ1n) is 6.73. The van der Waals surface area contributed by atoms with Crippen LogP contribution >= 0.6 is 0 Å². The predicted molar refractivity (Wildman–Crippen MR) is 72.3 cm³/mol. The number of piperidine rings is 1. The number of carbonyl (C=O) groups excluding carboxylic acids is 1. The van der Waals surface area contributed by atoms with E-state index in [1.165, 1.54) is 12.1 Å². The van der Waals surface area contributed by atoms with Crippen molar-refractivity contribution in [1.82, 2.24) is 5.32 Å². The fourth-order valence-corrected chi connectivity index (χ4v) is 2.23. The van der Waals surface area contributed by atoms with Gasteiger partial charge in [-0.3, -0.25) is 4.79 Å². The fraction of sp³-hybridized carbons (Fsp3) is 0.500. The van der Waals surface area contributed by atoms with E-state index in [4.69, 9.17) is 0 Å². The number of benzene rings is 1. The van der Waals surface area contributed by atoms with Gasteiger partial charge in [0, 0.05) is 24.3 Å². The van der Waals surface area contributed by atoms with Crippen molar-refractivity contribution in [2.75, 3.05) is 24.5 Å². The number of halogens is 3. The van der Waals surface area contributed by atoms with Crippen molar-refractivity contribution in [2.24, 2.45) is 0 Å². The summed E-state index contributed by atoms with van der Waals surface area (Å²) in [6.07, 6.45) is -3.31. The second kappa shape index (κ2) is 6.34. The summed E-state index contributed by atoms with van der Waals surface area (Å²) in [5.74, 6) is -0.743. The van der Waals surface area contributed by atoms with Crippen LogP contribution in [0.4, 0.5) is 18.9 Å². The minimum atomic E-state index is -4.41. The third-order valence-corrected chi connectivity index (χ3v) is 3.41. The summed E-state index contributed by atoms with van der Waals surface area (Å²) in [6, 6.07) is 6.43. The van der Waals surface area contributed by atoms with Gasteiger partial charge in [-0.1, -0.05) is 0 Å². The van der Waals surface area contributed by atoms with Crippen LogP contribution in [0.1, 0.15) is 23.2 Å². The molecule has 0 unspecified atom stereocenters. The Hall–Kier alpha value is -1.76. The van der Waals surface area contributed by atoms with Crippen LogP contribution in [0.15, 0.2) is 24.3 Å². The van der Waals surface area contributed by atoms with Crippen molar-refractivity contribution in [3.63, 3.8) is 0 Å². The SMILES string of the molecule is O=C(NCC(F)(F)F)c1ccc(N2CCC(O)CC2)cc1. The molecule has 1 aliphatic rings. The summed E-state index contributed by atoms with van der Waals surface area (Å²) in [7, 11) is 0. The molecule has 1 heterocycles. The lowest BCUT2D eigenvalue weighted by atomic mass is 10.1. The van der Waals surface area contributed by atoms with E-state index in [0.717, 1.165) is 18.8 Å². The fourth-order valence-electron chi connectivity index (χ4n) is 2.23. The minimum absolute atomic E-state index is 0.194. The molecule has 21 heavy (non-hydrogen) atoms. The zero-order chi connectivity index (χ0) is 15.5. The van der Waals surface area contributed by atoms with Crippen molar-refractivity contribution in [2.45, 2.75) is 25.1 Å². The quantitative estimate of drug-likeness (QED) is 0.897. The highest BCUT2D eigenvalue weighted by molar-refractivity contribution is 5.94. The number of carbonyl (C=O) groups is 1. The van der Waals surface area contributed by atoms with Gasteiger partial charge < -0.3 is 15.3 Å². The van der Waals surface area contributed by atoms with Crippen LogP contribution in [0.5, 0.6) is 0 Å². The van der Waals surface area contributed by atoms with Crippen molar-refractivity contribution < 1.29 is 23.1 Å². The van der Waals surface area contributed by atoms with E-state index in [1.807, 2.05) is 5.32 Å². The van der Waals surface area contributed by atoms with E-state index in [0.29, 0.717) is 12.8 Å². The molecule has 0 spiro atoms. The lowest BCUT2D eigenvalue weighted by molar-refractivity contribution is -0.123. The molecule has 2 rings (SSSR count). The molecule has 0 aromatic heterocycles. The predicted octanol–water partition coefficient (Wildman–Crippen LogP) is 1.94. The van der Waals surface area contributed by atoms with Crippen molar-refractivity contribution >= 4 is 11.6 Å². The highest BCUT2D eigenvalue weighted by atomic mass is 19.4. The minimum Gasteiger partial charge on any atom is -0.393 e. The Morgan fingerprint density at radius 1 is 1.24 bits per heavy atom. The molecule has 2 N–H and O–H groups in total. The standard InChI is InChI=1S/C14H17F3N2O2/c15-14(16,17)9-18-13(21)10-1-3-11(4-2-10)19-7-5-12(20)6-8-19/h1-4,12,20H,5-9H2,(H,18,21). The Morgan fingerprint density at radius 3 is 2.33 bits per heavy atom. The number of aliphatic hydroxyl groups is 1. The van der Waals surface area contributed by atoms with Gasteiger partial charge in [-0.2, -0.15) is 13.2 Å². The average molecular weight is 302 g/mol. The van der Waals surface area contributed by atoms with Gasteiger partial charge in [-0.05, 0) is 37.1 Å². The molecule has 0 aliphatic carbocycles. The molecular formula is C14H17F3N2O2. The van der Waals surface area contributed by atoms with Crippen LogP contribution in [0.3, 0.4) is 0 Å². The molecule has 1 saturated heterocycles. The summed E-state index contributed by atoms with van der Waals surface area (Å²) >= 11 is 0. The maximum absolute atomic E-state index is 12.0. The van der Waals surface area contributed by atoms with Gasteiger partial charge >= 0.3 is 6.18 Å². The Bertz CT molecular complexity index is 480. The first kappa shape index (κ1) is 15.6. The highest BCUT2D eigenvalue weighted by Crippen LogP contribution is 2.20. The Balaban J connectivity index is 1.94. The lowest BCUT2D eigenvalue weighted by Crippen LogP contribution is -2.36. The van der Waals surface area contributed by atoms with E-state index < -0.39 is 18.6 Å². The zero-order valence-electron chi connectivity index (χ0n) is 11.4. The monoisotopic (exact) mass is 302 g/mol. The maximum atomic E-state index is 12.0. The number of rotatable bonds is 3. The third-order valence-electron chi connectivity index (χ3n) is 3.41. The molecule has 0 radical (unpaired) electrons. The van der Waals surface area contributed by atoms with Crippen LogP contribution in [-0.4, -0.2) is 42.9 Å². The van der Waals surface area contributed by atoms with E-state index in [-0.39, 0.29) is 11.7 Å². The topological polar surface area (TPSA) is 52.6 Å². The van der Waals surface area contributed by atoms with Crippen molar-refractivity contribution in [3.8, 4) is 0 Å². The number of alkyl halides is 3. The smallest absolute Gasteiger partial charge is 0.393 e. The normalized spacial score (nSPS) is 16.9. The number of aliphatic hydroxyl groups excluding tert-OH is 1. The molecule has 0 bridgehead atoms. The van der Waals surface area contributed by atoms with E-state index in [9.17, 15) is 23.1 Å². The van der Waals surface area contributed by atoms with E-state index in [1.54, 1.807) is 12.1 Å². The number of hydrogen-bond acceptors (Lipinski definition) is 3. The summed E-state index contributed by atoms with van der Waals surface area (Å²) in [6.45, 7) is 0.110. The van der Waals surface area contributed by atoms with E-state index in [2.05, 4.69) is 4.90 Å². The maximum Gasteiger partial charge on any atom is 0.405 e. The van der Waals surface area contributed by atoms with Gasteiger partial charge in [-0.15, -0.1) is 0 Å². The molecule has 1 aliphatic heterocycles. The van der Waals surface area contributed by atoms with Gasteiger partial charge in [0.05, 0.1) is 6.10 Å². The van der Waals surface area contributed by atoms with Gasteiger partial charge in [0.25, 0.3) is 5.91 Å². The Kier molecular flexibility index (Phi) is 4.72. The summed E-state index contributed by atoms with van der Waals surface area (Å²) in [4.78, 5) is 13.6. The van der Waals surface area contributed by atoms with Gasteiger partial charge in [0.15, 0.2) is 0 Å². The molecule has 1 fully saturated rings. The van der Waals surface area contributed by atoms with Gasteiger partial charge in [0.2, 0.25) is 0 Å². The number of hydrogen-bond donors (Lipinski definition) is 2. The molecule has 116 valence electrons. The molecule has 1 aromatic carbocycles. The van der Waals surface area contributed by atoms with Crippen LogP contribution in [0.2, 0.25) is 0 Å². The zero-order valence-corrected chi connectivity index (χ0v) is 11.4. The van der Waals surface area contributed by atoms with Crippen molar-refractivity contribution in [1.29, 1.82) is 0 Å². The van der Waals surface area contributed by atoms with E-state index >= 15 is 0 Å². The number of nitrogens with one attached hydrogen (secondary N) is 1. The highest BCUT2D eigenvalue weighted by Gasteiger charge is 2.27. The molecule has 1 aromatic rings. The molecule has 0 atom stereocenters. The number of amides is 1. The van der Waals surface area contributed by atoms with Crippen molar-refractivity contribution in [3.05, 3.63) is 29.8 Å². The second-order valence-electron chi connectivity index (χ2n) is 5.06. The third kappa shape index (κ3) is 4.63.